The lowest BCUT2D eigenvalue weighted by atomic mass is 10.1. The number of hydrogen-bond donors (Lipinski definition) is 1. The molecule has 0 aliphatic heterocycles. The maximum Gasteiger partial charge on any atom is 0.0818 e. The Labute approximate surface area is 77.2 Å². The Morgan fingerprint density at radius 1 is 1.67 bits per heavy atom. The first kappa shape index (κ1) is 9.49. The Kier molecular flexibility index (Phi) is 3.50. The summed E-state index contributed by atoms with van der Waals surface area (Å²) in [5.74, 6) is 0. The number of aliphatic hydroxyl groups excluding tert-OH is 1. The molecular formula is C9H12ClNO. The van der Waals surface area contributed by atoms with Gasteiger partial charge in [0.05, 0.1) is 6.10 Å². The zero-order valence-corrected chi connectivity index (χ0v) is 7.70. The molecule has 0 aromatic carbocycles. The first-order chi connectivity index (χ1) is 5.70. The minimum absolute atomic E-state index is 0.0137. The lowest BCUT2D eigenvalue weighted by Crippen LogP contribution is -2.03. The van der Waals surface area contributed by atoms with E-state index in [1.54, 1.807) is 18.5 Å². The van der Waals surface area contributed by atoms with Crippen LogP contribution in [0.2, 0.25) is 0 Å². The van der Waals surface area contributed by atoms with Crippen molar-refractivity contribution in [2.24, 2.45) is 0 Å². The molecule has 0 bridgehead atoms. The molecule has 2 unspecified atom stereocenters. The third-order valence-corrected chi connectivity index (χ3v) is 1.80. The van der Waals surface area contributed by atoms with Gasteiger partial charge in [0, 0.05) is 17.8 Å². The number of rotatable bonds is 3. The van der Waals surface area contributed by atoms with Crippen molar-refractivity contribution < 1.29 is 5.11 Å². The third kappa shape index (κ3) is 2.80. The van der Waals surface area contributed by atoms with E-state index in [2.05, 4.69) is 4.98 Å². The van der Waals surface area contributed by atoms with E-state index in [0.29, 0.717) is 6.42 Å². The van der Waals surface area contributed by atoms with Crippen LogP contribution in [0.4, 0.5) is 0 Å². The normalized spacial score (nSPS) is 15.6. The number of aliphatic hydroxyl groups is 1. The van der Waals surface area contributed by atoms with Crippen LogP contribution in [-0.4, -0.2) is 15.5 Å². The summed E-state index contributed by atoms with van der Waals surface area (Å²) in [7, 11) is 0. The van der Waals surface area contributed by atoms with Gasteiger partial charge in [-0.2, -0.15) is 0 Å². The molecule has 0 radical (unpaired) electrons. The zero-order valence-electron chi connectivity index (χ0n) is 6.94. The lowest BCUT2D eigenvalue weighted by Gasteiger charge is -2.10. The summed E-state index contributed by atoms with van der Waals surface area (Å²) in [6, 6.07) is 3.65. The molecular weight excluding hydrogens is 174 g/mol. The quantitative estimate of drug-likeness (QED) is 0.732. The van der Waals surface area contributed by atoms with Crippen molar-refractivity contribution in [2.45, 2.75) is 24.8 Å². The Hall–Kier alpha value is -0.600. The lowest BCUT2D eigenvalue weighted by molar-refractivity contribution is 0.167. The van der Waals surface area contributed by atoms with Gasteiger partial charge in [-0.1, -0.05) is 6.07 Å². The molecule has 0 saturated carbocycles. The van der Waals surface area contributed by atoms with E-state index in [1.165, 1.54) is 0 Å². The van der Waals surface area contributed by atoms with Gasteiger partial charge in [0.25, 0.3) is 0 Å². The highest BCUT2D eigenvalue weighted by Crippen LogP contribution is 2.18. The van der Waals surface area contributed by atoms with Crippen molar-refractivity contribution in [1.82, 2.24) is 4.98 Å². The molecule has 0 aliphatic rings. The Balaban J connectivity index is 2.59. The highest BCUT2D eigenvalue weighted by atomic mass is 35.5. The van der Waals surface area contributed by atoms with Gasteiger partial charge in [0.1, 0.15) is 0 Å². The van der Waals surface area contributed by atoms with E-state index in [4.69, 9.17) is 11.6 Å². The largest absolute Gasteiger partial charge is 0.388 e. The van der Waals surface area contributed by atoms with Crippen LogP contribution < -0.4 is 0 Å². The predicted octanol–water partition coefficient (Wildman–Crippen LogP) is 2.13. The number of halogens is 1. The number of hydrogen-bond acceptors (Lipinski definition) is 2. The number of pyridine rings is 1. The molecule has 0 spiro atoms. The molecule has 1 aromatic rings. The molecule has 0 fully saturated rings. The van der Waals surface area contributed by atoms with Crippen LogP contribution in [0.25, 0.3) is 0 Å². The smallest absolute Gasteiger partial charge is 0.0818 e. The average molecular weight is 186 g/mol. The van der Waals surface area contributed by atoms with Gasteiger partial charge < -0.3 is 5.11 Å². The molecule has 1 rings (SSSR count). The molecule has 1 aromatic heterocycles. The molecule has 2 nitrogen and oxygen atoms in total. The molecule has 1 heterocycles. The summed E-state index contributed by atoms with van der Waals surface area (Å²) in [5, 5.41) is 9.55. The van der Waals surface area contributed by atoms with Gasteiger partial charge in [-0.05, 0) is 25.0 Å². The zero-order chi connectivity index (χ0) is 8.97. The SMILES string of the molecule is CC(Cl)CC(O)c1cccnc1. The maximum absolute atomic E-state index is 9.57. The fourth-order valence-electron chi connectivity index (χ4n) is 1.02. The predicted molar refractivity (Wildman–Crippen MR) is 49.1 cm³/mol. The first-order valence-corrected chi connectivity index (χ1v) is 4.36. The van der Waals surface area contributed by atoms with Crippen molar-refractivity contribution in [3.63, 3.8) is 0 Å². The van der Waals surface area contributed by atoms with E-state index in [0.717, 1.165) is 5.56 Å². The monoisotopic (exact) mass is 185 g/mol. The molecule has 66 valence electrons. The first-order valence-electron chi connectivity index (χ1n) is 3.92. The molecule has 1 N–H and O–H groups in total. The van der Waals surface area contributed by atoms with Crippen LogP contribution in [-0.2, 0) is 0 Å². The van der Waals surface area contributed by atoms with E-state index in [9.17, 15) is 5.11 Å². The molecule has 0 aliphatic carbocycles. The standard InChI is InChI=1S/C9H12ClNO/c1-7(10)5-9(12)8-3-2-4-11-6-8/h2-4,6-7,9,12H,5H2,1H3. The fourth-order valence-corrected chi connectivity index (χ4v) is 1.19. The molecule has 12 heavy (non-hydrogen) atoms. The average Bonchev–Trinajstić information content (AvgIpc) is 2.05. The minimum atomic E-state index is -0.494. The van der Waals surface area contributed by atoms with E-state index < -0.39 is 6.10 Å². The van der Waals surface area contributed by atoms with Crippen LogP contribution in [0.15, 0.2) is 24.5 Å². The Bertz CT molecular complexity index is 225. The topological polar surface area (TPSA) is 33.1 Å². The van der Waals surface area contributed by atoms with Gasteiger partial charge in [-0.3, -0.25) is 4.98 Å². The minimum Gasteiger partial charge on any atom is -0.388 e. The summed E-state index contributed by atoms with van der Waals surface area (Å²) in [6.45, 7) is 1.86. The van der Waals surface area contributed by atoms with Crippen LogP contribution in [0.1, 0.15) is 25.0 Å². The number of nitrogens with zero attached hydrogens (tertiary/aromatic N) is 1. The maximum atomic E-state index is 9.57. The number of aromatic nitrogens is 1. The molecule has 0 amide bonds. The summed E-state index contributed by atoms with van der Waals surface area (Å²) >= 11 is 5.74. The summed E-state index contributed by atoms with van der Waals surface area (Å²) in [6.07, 6.45) is 3.41. The summed E-state index contributed by atoms with van der Waals surface area (Å²) < 4.78 is 0. The van der Waals surface area contributed by atoms with Gasteiger partial charge in [0.2, 0.25) is 0 Å². The fraction of sp³-hybridized carbons (Fsp3) is 0.444. The second-order valence-corrected chi connectivity index (χ2v) is 3.56. The second kappa shape index (κ2) is 4.43. The third-order valence-electron chi connectivity index (χ3n) is 1.62. The van der Waals surface area contributed by atoms with E-state index in [1.807, 2.05) is 13.0 Å². The summed E-state index contributed by atoms with van der Waals surface area (Å²) in [4.78, 5) is 3.91. The van der Waals surface area contributed by atoms with Crippen LogP contribution in [0.5, 0.6) is 0 Å². The Morgan fingerprint density at radius 3 is 2.92 bits per heavy atom. The van der Waals surface area contributed by atoms with Crippen molar-refractivity contribution >= 4 is 11.6 Å². The highest BCUT2D eigenvalue weighted by Gasteiger charge is 2.09. The molecule has 2 atom stereocenters. The summed E-state index contributed by atoms with van der Waals surface area (Å²) in [5.41, 5.74) is 0.824. The molecule has 3 heteroatoms. The van der Waals surface area contributed by atoms with Crippen molar-refractivity contribution in [3.8, 4) is 0 Å². The van der Waals surface area contributed by atoms with Gasteiger partial charge in [0.15, 0.2) is 0 Å². The van der Waals surface area contributed by atoms with Gasteiger partial charge >= 0.3 is 0 Å². The van der Waals surface area contributed by atoms with E-state index in [-0.39, 0.29) is 5.38 Å². The van der Waals surface area contributed by atoms with Gasteiger partial charge in [-0.15, -0.1) is 11.6 Å². The van der Waals surface area contributed by atoms with Crippen molar-refractivity contribution in [1.29, 1.82) is 0 Å². The highest BCUT2D eigenvalue weighted by molar-refractivity contribution is 6.20. The second-order valence-electron chi connectivity index (χ2n) is 2.82. The van der Waals surface area contributed by atoms with Crippen molar-refractivity contribution in [3.05, 3.63) is 30.1 Å². The van der Waals surface area contributed by atoms with Crippen LogP contribution >= 0.6 is 11.6 Å². The van der Waals surface area contributed by atoms with Crippen LogP contribution in [0.3, 0.4) is 0 Å². The Morgan fingerprint density at radius 2 is 2.42 bits per heavy atom. The molecule has 0 saturated heterocycles. The number of alkyl halides is 1. The van der Waals surface area contributed by atoms with E-state index >= 15 is 0 Å². The van der Waals surface area contributed by atoms with Crippen LogP contribution in [0, 0.1) is 0 Å². The van der Waals surface area contributed by atoms with Crippen molar-refractivity contribution in [2.75, 3.05) is 0 Å². The van der Waals surface area contributed by atoms with Gasteiger partial charge in [-0.25, -0.2) is 0 Å².